The maximum Gasteiger partial charge on any atom is 0.264 e. The topological polar surface area (TPSA) is 51.5 Å². The monoisotopic (exact) mass is 344 g/mol. The fourth-order valence-corrected chi connectivity index (χ4v) is 4.47. The molecule has 2 aromatic heterocycles. The molecule has 1 unspecified atom stereocenters. The quantitative estimate of drug-likeness (QED) is 0.841. The van der Waals surface area contributed by atoms with Gasteiger partial charge < -0.3 is 14.2 Å². The van der Waals surface area contributed by atoms with E-state index in [2.05, 4.69) is 0 Å². The van der Waals surface area contributed by atoms with E-state index >= 15 is 0 Å². The molecule has 0 radical (unpaired) electrons. The lowest BCUT2D eigenvalue weighted by Crippen LogP contribution is -2.36. The zero-order valence-corrected chi connectivity index (χ0v) is 14.5. The van der Waals surface area contributed by atoms with Crippen LogP contribution in [0.4, 0.5) is 0 Å². The second kappa shape index (κ2) is 6.18. The van der Waals surface area contributed by atoms with Crippen LogP contribution in [0.1, 0.15) is 44.6 Å². The molecule has 126 valence electrons. The first-order valence-corrected chi connectivity index (χ1v) is 9.12. The van der Waals surface area contributed by atoms with E-state index in [1.807, 2.05) is 23.2 Å². The van der Waals surface area contributed by atoms with E-state index in [0.29, 0.717) is 13.1 Å². The van der Waals surface area contributed by atoms with Crippen molar-refractivity contribution in [2.24, 2.45) is 7.05 Å². The SMILES string of the molecule is Cn1cc2c(cc1=O)CCN(C(=O)c1ccc(C3CCCO3)s1)C2. The van der Waals surface area contributed by atoms with Crippen LogP contribution >= 0.6 is 11.3 Å². The predicted octanol–water partition coefficient (Wildman–Crippen LogP) is 2.50. The third-order valence-corrected chi connectivity index (χ3v) is 5.96. The number of carbonyl (C=O) groups is 1. The minimum Gasteiger partial charge on any atom is -0.373 e. The number of pyridine rings is 1. The Balaban J connectivity index is 1.53. The number of thiophene rings is 1. The standard InChI is InChI=1S/C18H20N2O3S/c1-19-10-13-11-20(7-6-12(13)9-17(19)21)18(22)16-5-4-15(24-16)14-3-2-8-23-14/h4-5,9-10,14H,2-3,6-8,11H2,1H3. The zero-order chi connectivity index (χ0) is 16.7. The largest absolute Gasteiger partial charge is 0.373 e. The summed E-state index contributed by atoms with van der Waals surface area (Å²) in [5.74, 6) is 0.0729. The second-order valence-electron chi connectivity index (χ2n) is 6.45. The average molecular weight is 344 g/mol. The highest BCUT2D eigenvalue weighted by molar-refractivity contribution is 7.14. The third-order valence-electron chi connectivity index (χ3n) is 4.79. The van der Waals surface area contributed by atoms with Crippen molar-refractivity contribution >= 4 is 17.2 Å². The van der Waals surface area contributed by atoms with Gasteiger partial charge in [0.1, 0.15) is 0 Å². The van der Waals surface area contributed by atoms with Crippen molar-refractivity contribution in [3.8, 4) is 0 Å². The lowest BCUT2D eigenvalue weighted by Gasteiger charge is -2.28. The lowest BCUT2D eigenvalue weighted by atomic mass is 10.0. The summed E-state index contributed by atoms with van der Waals surface area (Å²) >= 11 is 1.55. The van der Waals surface area contributed by atoms with Crippen molar-refractivity contribution in [1.29, 1.82) is 0 Å². The normalized spacial score (nSPS) is 20.2. The molecule has 1 atom stereocenters. The summed E-state index contributed by atoms with van der Waals surface area (Å²) in [5.41, 5.74) is 2.13. The van der Waals surface area contributed by atoms with Gasteiger partial charge in [0.2, 0.25) is 0 Å². The van der Waals surface area contributed by atoms with Gasteiger partial charge in [0.15, 0.2) is 0 Å². The first-order valence-electron chi connectivity index (χ1n) is 8.31. The molecular weight excluding hydrogens is 324 g/mol. The number of ether oxygens (including phenoxy) is 1. The number of aromatic nitrogens is 1. The molecule has 0 saturated carbocycles. The van der Waals surface area contributed by atoms with Crippen LogP contribution in [-0.4, -0.2) is 28.5 Å². The maximum atomic E-state index is 12.8. The van der Waals surface area contributed by atoms with Crippen LogP contribution in [0, 0.1) is 0 Å². The Kier molecular flexibility index (Phi) is 4.02. The average Bonchev–Trinajstić information content (AvgIpc) is 3.26. The molecule has 2 aliphatic heterocycles. The molecule has 1 amide bonds. The highest BCUT2D eigenvalue weighted by Gasteiger charge is 2.25. The summed E-state index contributed by atoms with van der Waals surface area (Å²) in [4.78, 5) is 28.3. The van der Waals surface area contributed by atoms with E-state index in [1.54, 1.807) is 29.0 Å². The lowest BCUT2D eigenvalue weighted by molar-refractivity contribution is 0.0739. The van der Waals surface area contributed by atoms with Crippen LogP contribution in [0.3, 0.4) is 0 Å². The zero-order valence-electron chi connectivity index (χ0n) is 13.7. The summed E-state index contributed by atoms with van der Waals surface area (Å²) in [6.45, 7) is 2.04. The van der Waals surface area contributed by atoms with Gasteiger partial charge in [0, 0.05) is 43.9 Å². The van der Waals surface area contributed by atoms with Crippen LogP contribution in [-0.2, 0) is 24.8 Å². The number of aryl methyl sites for hydroxylation is 1. The fraction of sp³-hybridized carbons (Fsp3) is 0.444. The van der Waals surface area contributed by atoms with Crippen LogP contribution in [0.5, 0.6) is 0 Å². The molecule has 2 aromatic rings. The number of nitrogens with zero attached hydrogens (tertiary/aromatic N) is 2. The molecule has 24 heavy (non-hydrogen) atoms. The summed E-state index contributed by atoms with van der Waals surface area (Å²) in [6, 6.07) is 5.63. The van der Waals surface area contributed by atoms with Crippen LogP contribution in [0.25, 0.3) is 0 Å². The van der Waals surface area contributed by atoms with E-state index < -0.39 is 0 Å². The number of amides is 1. The van der Waals surface area contributed by atoms with Crippen molar-refractivity contribution in [2.75, 3.05) is 13.2 Å². The number of rotatable bonds is 2. The van der Waals surface area contributed by atoms with E-state index in [-0.39, 0.29) is 17.6 Å². The highest BCUT2D eigenvalue weighted by Crippen LogP contribution is 2.34. The summed E-state index contributed by atoms with van der Waals surface area (Å²) < 4.78 is 7.28. The number of hydrogen-bond acceptors (Lipinski definition) is 4. The third kappa shape index (κ3) is 2.80. The molecule has 2 aliphatic rings. The van der Waals surface area contributed by atoms with Gasteiger partial charge in [-0.05, 0) is 42.5 Å². The van der Waals surface area contributed by atoms with Gasteiger partial charge in [0.05, 0.1) is 11.0 Å². The van der Waals surface area contributed by atoms with Crippen molar-refractivity contribution in [1.82, 2.24) is 9.47 Å². The molecule has 5 nitrogen and oxygen atoms in total. The number of hydrogen-bond donors (Lipinski definition) is 0. The van der Waals surface area contributed by atoms with Crippen molar-refractivity contribution in [3.63, 3.8) is 0 Å². The molecule has 0 aliphatic carbocycles. The summed E-state index contributed by atoms with van der Waals surface area (Å²) in [5, 5.41) is 0. The Hall–Kier alpha value is -1.92. The van der Waals surface area contributed by atoms with Gasteiger partial charge in [-0.2, -0.15) is 0 Å². The number of fused-ring (bicyclic) bond motifs is 1. The van der Waals surface area contributed by atoms with Crippen molar-refractivity contribution in [2.45, 2.75) is 31.9 Å². The Morgan fingerprint density at radius 1 is 1.33 bits per heavy atom. The van der Waals surface area contributed by atoms with E-state index in [0.717, 1.165) is 46.8 Å². The van der Waals surface area contributed by atoms with Crippen molar-refractivity contribution in [3.05, 3.63) is 55.6 Å². The van der Waals surface area contributed by atoms with Gasteiger partial charge in [-0.1, -0.05) is 0 Å². The van der Waals surface area contributed by atoms with Crippen LogP contribution < -0.4 is 5.56 Å². The Morgan fingerprint density at radius 2 is 2.21 bits per heavy atom. The maximum absolute atomic E-state index is 12.8. The van der Waals surface area contributed by atoms with E-state index in [1.165, 1.54) is 0 Å². The van der Waals surface area contributed by atoms with Crippen LogP contribution in [0.2, 0.25) is 0 Å². The molecule has 1 fully saturated rings. The second-order valence-corrected chi connectivity index (χ2v) is 7.57. The molecule has 4 heterocycles. The first kappa shape index (κ1) is 15.6. The molecular formula is C18H20N2O3S. The Morgan fingerprint density at radius 3 is 3.00 bits per heavy atom. The highest BCUT2D eigenvalue weighted by atomic mass is 32.1. The minimum absolute atomic E-state index is 0.00740. The molecule has 0 spiro atoms. The van der Waals surface area contributed by atoms with Crippen LogP contribution in [0.15, 0.2) is 29.2 Å². The fourth-order valence-electron chi connectivity index (χ4n) is 3.41. The molecule has 6 heteroatoms. The Labute approximate surface area is 144 Å². The smallest absolute Gasteiger partial charge is 0.264 e. The van der Waals surface area contributed by atoms with E-state index in [9.17, 15) is 9.59 Å². The van der Waals surface area contributed by atoms with Gasteiger partial charge >= 0.3 is 0 Å². The molecule has 1 saturated heterocycles. The van der Waals surface area contributed by atoms with E-state index in [4.69, 9.17) is 4.74 Å². The summed E-state index contributed by atoms with van der Waals surface area (Å²) in [6.07, 6.45) is 4.88. The first-order chi connectivity index (χ1) is 11.6. The molecule has 4 rings (SSSR count). The molecule has 0 aromatic carbocycles. The minimum atomic E-state index is 0.00740. The summed E-state index contributed by atoms with van der Waals surface area (Å²) in [7, 11) is 1.75. The van der Waals surface area contributed by atoms with Crippen molar-refractivity contribution < 1.29 is 9.53 Å². The Bertz CT molecular complexity index is 833. The van der Waals surface area contributed by atoms with Gasteiger partial charge in [-0.15, -0.1) is 11.3 Å². The predicted molar refractivity (Wildman–Crippen MR) is 92.4 cm³/mol. The van der Waals surface area contributed by atoms with Gasteiger partial charge in [0.25, 0.3) is 11.5 Å². The molecule has 0 bridgehead atoms. The van der Waals surface area contributed by atoms with Gasteiger partial charge in [-0.3, -0.25) is 9.59 Å². The number of carbonyl (C=O) groups excluding carboxylic acids is 1. The molecule has 0 N–H and O–H groups in total. The van der Waals surface area contributed by atoms with Gasteiger partial charge in [-0.25, -0.2) is 0 Å².